The highest BCUT2D eigenvalue weighted by Crippen LogP contribution is 2.17. The molecule has 0 atom stereocenters. The van der Waals surface area contributed by atoms with E-state index >= 15 is 0 Å². The molecule has 2 rings (SSSR count). The number of terminal acetylenes is 2. The summed E-state index contributed by atoms with van der Waals surface area (Å²) in [5, 5.41) is 0. The van der Waals surface area contributed by atoms with Crippen molar-refractivity contribution in [2.75, 3.05) is 24.5 Å². The van der Waals surface area contributed by atoms with Crippen LogP contribution < -0.4 is 4.90 Å². The smallest absolute Gasteiger partial charge is 0.258 e. The third-order valence-corrected chi connectivity index (χ3v) is 3.87. The lowest BCUT2D eigenvalue weighted by molar-refractivity contribution is 0.0988. The van der Waals surface area contributed by atoms with E-state index in [4.69, 9.17) is 12.8 Å². The summed E-state index contributed by atoms with van der Waals surface area (Å²) in [4.78, 5) is 16.5. The molecule has 3 nitrogen and oxygen atoms in total. The molecule has 126 valence electrons. The molecule has 3 heteroatoms. The van der Waals surface area contributed by atoms with Crippen LogP contribution >= 0.6 is 0 Å². The van der Waals surface area contributed by atoms with Gasteiger partial charge in [-0.2, -0.15) is 0 Å². The second-order valence-electron chi connectivity index (χ2n) is 5.64. The molecule has 2 aromatic carbocycles. The summed E-state index contributed by atoms with van der Waals surface area (Å²) in [6.45, 7) is 4.25. The van der Waals surface area contributed by atoms with Crippen LogP contribution in [0.15, 0.2) is 54.6 Å². The number of carbonyl (C=O) groups excluding carboxylic acids is 1. The highest BCUT2D eigenvalue weighted by molar-refractivity contribution is 6.06. The Morgan fingerprint density at radius 2 is 1.56 bits per heavy atom. The number of benzene rings is 2. The van der Waals surface area contributed by atoms with Crippen LogP contribution in [0.4, 0.5) is 5.69 Å². The predicted octanol–water partition coefficient (Wildman–Crippen LogP) is 3.42. The highest BCUT2D eigenvalue weighted by atomic mass is 16.2. The topological polar surface area (TPSA) is 23.6 Å². The molecule has 1 amide bonds. The van der Waals surface area contributed by atoms with Gasteiger partial charge >= 0.3 is 0 Å². The largest absolute Gasteiger partial charge is 0.309 e. The first-order valence-electron chi connectivity index (χ1n) is 8.24. The van der Waals surface area contributed by atoms with Crippen LogP contribution in [0.25, 0.3) is 0 Å². The third kappa shape index (κ3) is 4.98. The van der Waals surface area contributed by atoms with Gasteiger partial charge in [0.15, 0.2) is 0 Å². The number of nitrogens with zero attached hydrogens (tertiary/aromatic N) is 2. The lowest BCUT2D eigenvalue weighted by atomic mass is 10.1. The molecule has 0 saturated heterocycles. The first-order valence-corrected chi connectivity index (χ1v) is 8.24. The first kappa shape index (κ1) is 18.3. The van der Waals surface area contributed by atoms with Crippen LogP contribution in [0.1, 0.15) is 22.8 Å². The van der Waals surface area contributed by atoms with Gasteiger partial charge in [-0.15, -0.1) is 12.8 Å². The number of carbonyl (C=O) groups is 1. The van der Waals surface area contributed by atoms with E-state index in [9.17, 15) is 4.79 Å². The van der Waals surface area contributed by atoms with Gasteiger partial charge < -0.3 is 4.90 Å². The minimum absolute atomic E-state index is 0.00986. The summed E-state index contributed by atoms with van der Waals surface area (Å²) < 4.78 is 0. The number of para-hydroxylation sites is 1. The molecule has 0 aliphatic carbocycles. The van der Waals surface area contributed by atoms with Gasteiger partial charge in [-0.1, -0.05) is 42.2 Å². The lowest BCUT2D eigenvalue weighted by Crippen LogP contribution is -2.30. The Morgan fingerprint density at radius 1 is 0.960 bits per heavy atom. The van der Waals surface area contributed by atoms with Crippen molar-refractivity contribution in [3.8, 4) is 24.7 Å². The molecule has 0 aliphatic heterocycles. The van der Waals surface area contributed by atoms with E-state index in [1.807, 2.05) is 66.4 Å². The molecule has 0 N–H and O–H groups in total. The lowest BCUT2D eigenvalue weighted by Gasteiger charge is -2.21. The highest BCUT2D eigenvalue weighted by Gasteiger charge is 2.15. The van der Waals surface area contributed by atoms with Crippen molar-refractivity contribution in [3.63, 3.8) is 0 Å². The molecule has 0 radical (unpaired) electrons. The van der Waals surface area contributed by atoms with E-state index < -0.39 is 0 Å². The van der Waals surface area contributed by atoms with Gasteiger partial charge in [-0.05, 0) is 36.8 Å². The summed E-state index contributed by atoms with van der Waals surface area (Å²) in [6, 6.07) is 17.3. The Kier molecular flexibility index (Phi) is 6.84. The molecule has 0 aliphatic rings. The fourth-order valence-electron chi connectivity index (χ4n) is 2.64. The monoisotopic (exact) mass is 330 g/mol. The zero-order valence-corrected chi connectivity index (χ0v) is 14.5. The van der Waals surface area contributed by atoms with Gasteiger partial charge in [0.25, 0.3) is 5.91 Å². The minimum atomic E-state index is -0.00986. The number of anilines is 1. The van der Waals surface area contributed by atoms with E-state index in [1.54, 1.807) is 4.90 Å². The Bertz CT molecular complexity index is 750. The van der Waals surface area contributed by atoms with E-state index in [0.717, 1.165) is 11.3 Å². The van der Waals surface area contributed by atoms with Crippen molar-refractivity contribution in [3.05, 3.63) is 65.7 Å². The van der Waals surface area contributed by atoms with Crippen molar-refractivity contribution < 1.29 is 4.79 Å². The molecular formula is C22H22N2O. The van der Waals surface area contributed by atoms with E-state index in [-0.39, 0.29) is 5.91 Å². The second-order valence-corrected chi connectivity index (χ2v) is 5.64. The Hall–Kier alpha value is -3.01. The van der Waals surface area contributed by atoms with Crippen LogP contribution in [0.2, 0.25) is 0 Å². The molecule has 0 saturated carbocycles. The average Bonchev–Trinajstić information content (AvgIpc) is 2.64. The van der Waals surface area contributed by atoms with Crippen molar-refractivity contribution in [2.45, 2.75) is 13.5 Å². The summed E-state index contributed by atoms with van der Waals surface area (Å²) >= 11 is 0. The van der Waals surface area contributed by atoms with Gasteiger partial charge in [0.05, 0.1) is 13.1 Å². The number of rotatable bonds is 7. The molecule has 25 heavy (non-hydrogen) atoms. The standard InChI is InChI=1S/C22H22N2O/c1-4-16-23(17-5-2)18-19-12-14-20(15-13-19)22(25)24(6-3)21-10-8-7-9-11-21/h1-2,7-15H,6,16-18H2,3H3. The maximum atomic E-state index is 12.8. The summed E-state index contributed by atoms with van der Waals surface area (Å²) in [6.07, 6.45) is 10.7. The van der Waals surface area contributed by atoms with Gasteiger partial charge in [0.1, 0.15) is 0 Å². The van der Waals surface area contributed by atoms with Gasteiger partial charge in [0, 0.05) is 24.3 Å². The van der Waals surface area contributed by atoms with E-state index in [0.29, 0.717) is 31.7 Å². The molecular weight excluding hydrogens is 308 g/mol. The number of hydrogen-bond acceptors (Lipinski definition) is 2. The Labute approximate surface area is 150 Å². The van der Waals surface area contributed by atoms with Crippen molar-refractivity contribution in [2.24, 2.45) is 0 Å². The van der Waals surface area contributed by atoms with Crippen LogP contribution in [-0.4, -0.2) is 30.4 Å². The van der Waals surface area contributed by atoms with Crippen molar-refractivity contribution in [1.29, 1.82) is 0 Å². The van der Waals surface area contributed by atoms with Crippen LogP contribution in [0.3, 0.4) is 0 Å². The fraction of sp³-hybridized carbons (Fsp3) is 0.227. The Balaban J connectivity index is 2.12. The molecule has 0 spiro atoms. The van der Waals surface area contributed by atoms with Crippen LogP contribution in [0.5, 0.6) is 0 Å². The average molecular weight is 330 g/mol. The normalized spacial score (nSPS) is 10.1. The van der Waals surface area contributed by atoms with Gasteiger partial charge in [0.2, 0.25) is 0 Å². The van der Waals surface area contributed by atoms with Crippen LogP contribution in [0, 0.1) is 24.7 Å². The van der Waals surface area contributed by atoms with E-state index in [2.05, 4.69) is 11.8 Å². The second kappa shape index (κ2) is 9.33. The third-order valence-electron chi connectivity index (χ3n) is 3.87. The predicted molar refractivity (Wildman–Crippen MR) is 103 cm³/mol. The molecule has 0 unspecified atom stereocenters. The SMILES string of the molecule is C#CCN(CC#C)Cc1ccc(C(=O)N(CC)c2ccccc2)cc1. The van der Waals surface area contributed by atoms with Crippen molar-refractivity contribution >= 4 is 11.6 Å². The fourth-order valence-corrected chi connectivity index (χ4v) is 2.64. The molecule has 0 fully saturated rings. The van der Waals surface area contributed by atoms with E-state index in [1.165, 1.54) is 0 Å². The molecule has 0 bridgehead atoms. The molecule has 0 aromatic heterocycles. The van der Waals surface area contributed by atoms with Gasteiger partial charge in [-0.25, -0.2) is 0 Å². The summed E-state index contributed by atoms with van der Waals surface area (Å²) in [5.74, 6) is 5.22. The van der Waals surface area contributed by atoms with Gasteiger partial charge in [-0.3, -0.25) is 9.69 Å². The quantitative estimate of drug-likeness (QED) is 0.726. The van der Waals surface area contributed by atoms with Crippen LogP contribution in [-0.2, 0) is 6.54 Å². The zero-order chi connectivity index (χ0) is 18.1. The number of hydrogen-bond donors (Lipinski definition) is 0. The maximum Gasteiger partial charge on any atom is 0.258 e. The minimum Gasteiger partial charge on any atom is -0.309 e. The summed E-state index contributed by atoms with van der Waals surface area (Å²) in [5.41, 5.74) is 2.63. The first-order chi connectivity index (χ1) is 12.2. The maximum absolute atomic E-state index is 12.8. The Morgan fingerprint density at radius 3 is 2.08 bits per heavy atom. The summed E-state index contributed by atoms with van der Waals surface area (Å²) in [7, 11) is 0. The molecule has 0 heterocycles. The number of amides is 1. The molecule has 2 aromatic rings. The zero-order valence-electron chi connectivity index (χ0n) is 14.5. The van der Waals surface area contributed by atoms with Crippen molar-refractivity contribution in [1.82, 2.24) is 4.90 Å².